The molecule has 0 spiro atoms. The van der Waals surface area contributed by atoms with Crippen LogP contribution >= 0.6 is 0 Å². The maximum atomic E-state index is 9.00. The van der Waals surface area contributed by atoms with Crippen molar-refractivity contribution in [3.8, 4) is 0 Å². The van der Waals surface area contributed by atoms with Gasteiger partial charge >= 0.3 is 0 Å². The predicted molar refractivity (Wildman–Crippen MR) is 38.9 cm³/mol. The fraction of sp³-hybridized carbons (Fsp3) is 0.833. The van der Waals surface area contributed by atoms with Crippen molar-refractivity contribution in [2.45, 2.75) is 33.6 Å². The topological polar surface area (TPSA) is 72.3 Å². The van der Waals surface area contributed by atoms with Crippen LogP contribution in [-0.2, 0) is 4.79 Å². The molecule has 0 rings (SSSR count). The molecule has 0 heterocycles. The van der Waals surface area contributed by atoms with E-state index in [9.17, 15) is 0 Å². The maximum absolute atomic E-state index is 9.00. The van der Waals surface area contributed by atoms with Crippen LogP contribution in [-0.4, -0.2) is 11.1 Å². The van der Waals surface area contributed by atoms with Gasteiger partial charge in [-0.25, -0.2) is 0 Å². The monoisotopic (exact) mass is 135 g/mol. The fourth-order valence-corrected chi connectivity index (χ4v) is 0. The first kappa shape index (κ1) is 15.8. The van der Waals surface area contributed by atoms with Crippen molar-refractivity contribution in [3.63, 3.8) is 0 Å². The Morgan fingerprint density at radius 1 is 1.33 bits per heavy atom. The quantitative estimate of drug-likeness (QED) is 0.578. The van der Waals surface area contributed by atoms with E-state index in [1.165, 1.54) is 12.8 Å². The molecule has 58 valence electrons. The lowest BCUT2D eigenvalue weighted by molar-refractivity contribution is -0.134. The van der Waals surface area contributed by atoms with Gasteiger partial charge in [-0.3, -0.25) is 4.79 Å². The summed E-state index contributed by atoms with van der Waals surface area (Å²) in [5.41, 5.74) is 0. The number of aliphatic carboxylic acids is 1. The second-order valence-electron chi connectivity index (χ2n) is 1.52. The van der Waals surface area contributed by atoms with Crippen LogP contribution in [0.1, 0.15) is 33.6 Å². The molecule has 0 aromatic carbocycles. The van der Waals surface area contributed by atoms with E-state index in [-0.39, 0.29) is 6.15 Å². The van der Waals surface area contributed by atoms with Gasteiger partial charge in [-0.15, -0.1) is 0 Å². The number of rotatable bonds is 1. The summed E-state index contributed by atoms with van der Waals surface area (Å²) >= 11 is 0. The molecule has 0 atom stereocenters. The van der Waals surface area contributed by atoms with E-state index in [4.69, 9.17) is 9.90 Å². The Kier molecular flexibility index (Phi) is 27.5. The molecule has 0 saturated carbocycles. The highest BCUT2D eigenvalue weighted by Crippen LogP contribution is 1.76. The van der Waals surface area contributed by atoms with E-state index < -0.39 is 5.97 Å². The Balaban J connectivity index is -0.0000000720. The van der Waals surface area contributed by atoms with Gasteiger partial charge in [0.2, 0.25) is 0 Å². The number of carboxylic acids is 1. The van der Waals surface area contributed by atoms with Crippen molar-refractivity contribution in [2.75, 3.05) is 0 Å². The molecule has 9 heavy (non-hydrogen) atoms. The van der Waals surface area contributed by atoms with Crippen molar-refractivity contribution in [3.05, 3.63) is 0 Å². The van der Waals surface area contributed by atoms with Gasteiger partial charge in [-0.05, 0) is 0 Å². The van der Waals surface area contributed by atoms with Crippen LogP contribution in [0.3, 0.4) is 0 Å². The first-order valence-electron chi connectivity index (χ1n) is 2.84. The van der Waals surface area contributed by atoms with Crippen LogP contribution < -0.4 is 6.15 Å². The lowest BCUT2D eigenvalue weighted by atomic mass is 10.4. The molecule has 0 aromatic heterocycles. The molecular formula is C6H17NO2. The van der Waals surface area contributed by atoms with Crippen molar-refractivity contribution in [2.24, 2.45) is 0 Å². The summed E-state index contributed by atoms with van der Waals surface area (Å²) in [5.74, 6) is -0.833. The van der Waals surface area contributed by atoms with E-state index in [1.54, 1.807) is 0 Å². The number of carboxylic acid groups (broad SMARTS) is 1. The second kappa shape index (κ2) is 15.7. The second-order valence-corrected chi connectivity index (χ2v) is 1.52. The predicted octanol–water partition coefficient (Wildman–Crippen LogP) is 2.06. The molecule has 3 nitrogen and oxygen atoms in total. The van der Waals surface area contributed by atoms with Gasteiger partial charge in [-0.1, -0.05) is 26.7 Å². The highest BCUT2D eigenvalue weighted by atomic mass is 16.4. The summed E-state index contributed by atoms with van der Waals surface area (Å²) < 4.78 is 0. The van der Waals surface area contributed by atoms with Gasteiger partial charge in [0, 0.05) is 6.92 Å². The van der Waals surface area contributed by atoms with Gasteiger partial charge in [0.1, 0.15) is 0 Å². The Labute approximate surface area is 56.7 Å². The van der Waals surface area contributed by atoms with Gasteiger partial charge in [-0.2, -0.15) is 0 Å². The highest BCUT2D eigenvalue weighted by Gasteiger charge is 1.65. The smallest absolute Gasteiger partial charge is 0.300 e. The van der Waals surface area contributed by atoms with Gasteiger partial charge in [0.25, 0.3) is 5.97 Å². The van der Waals surface area contributed by atoms with E-state index >= 15 is 0 Å². The Bertz CT molecular complexity index is 49.0. The SMILES string of the molecule is CC(=O)O.CCCC.N. The minimum Gasteiger partial charge on any atom is -0.481 e. The third-order valence-electron chi connectivity index (χ3n) is 0.500. The summed E-state index contributed by atoms with van der Waals surface area (Å²) in [5, 5.41) is 7.42. The molecule has 0 unspecified atom stereocenters. The summed E-state index contributed by atoms with van der Waals surface area (Å²) in [6.45, 7) is 5.44. The summed E-state index contributed by atoms with van der Waals surface area (Å²) in [7, 11) is 0. The highest BCUT2D eigenvalue weighted by molar-refractivity contribution is 5.62. The molecule has 0 radical (unpaired) electrons. The van der Waals surface area contributed by atoms with Crippen LogP contribution in [0.2, 0.25) is 0 Å². The molecule has 0 aliphatic heterocycles. The molecule has 0 aromatic rings. The van der Waals surface area contributed by atoms with E-state index in [0.717, 1.165) is 6.92 Å². The van der Waals surface area contributed by atoms with Crippen LogP contribution in [0.25, 0.3) is 0 Å². The zero-order valence-electron chi connectivity index (χ0n) is 6.48. The average molecular weight is 135 g/mol. The molecule has 0 fully saturated rings. The molecule has 4 N–H and O–H groups in total. The summed E-state index contributed by atoms with van der Waals surface area (Å²) in [6.07, 6.45) is 2.64. The number of carbonyl (C=O) groups is 1. The van der Waals surface area contributed by atoms with Crippen molar-refractivity contribution >= 4 is 5.97 Å². The fourth-order valence-electron chi connectivity index (χ4n) is 0. The third-order valence-corrected chi connectivity index (χ3v) is 0.500. The zero-order valence-corrected chi connectivity index (χ0v) is 6.48. The Morgan fingerprint density at radius 3 is 1.44 bits per heavy atom. The number of unbranched alkanes of at least 4 members (excludes halogenated alkanes) is 1. The van der Waals surface area contributed by atoms with Crippen molar-refractivity contribution < 1.29 is 9.90 Å². The number of hydrogen-bond donors (Lipinski definition) is 2. The Hall–Kier alpha value is -0.570. The third kappa shape index (κ3) is 1180. The average Bonchev–Trinajstić information content (AvgIpc) is 1.65. The standard InChI is InChI=1S/C4H10.C2H4O2.H3N/c1-3-4-2;1-2(3)4;/h3-4H2,1-2H3;1H3,(H,3,4);1H3. The molecule has 3 heteroatoms. The maximum Gasteiger partial charge on any atom is 0.300 e. The molecule has 0 aliphatic carbocycles. The van der Waals surface area contributed by atoms with Crippen LogP contribution in [0.4, 0.5) is 0 Å². The van der Waals surface area contributed by atoms with E-state index in [0.29, 0.717) is 0 Å². The van der Waals surface area contributed by atoms with Crippen LogP contribution in [0, 0.1) is 0 Å². The van der Waals surface area contributed by atoms with Crippen LogP contribution in [0.5, 0.6) is 0 Å². The van der Waals surface area contributed by atoms with E-state index in [2.05, 4.69) is 13.8 Å². The molecule has 0 amide bonds. The van der Waals surface area contributed by atoms with Crippen molar-refractivity contribution in [1.82, 2.24) is 6.15 Å². The normalized spacial score (nSPS) is 6.11. The van der Waals surface area contributed by atoms with Crippen molar-refractivity contribution in [1.29, 1.82) is 0 Å². The Morgan fingerprint density at radius 2 is 1.44 bits per heavy atom. The first-order valence-corrected chi connectivity index (χ1v) is 2.84. The van der Waals surface area contributed by atoms with Crippen LogP contribution in [0.15, 0.2) is 0 Å². The van der Waals surface area contributed by atoms with E-state index in [1.807, 2.05) is 0 Å². The molecule has 0 bridgehead atoms. The minimum atomic E-state index is -0.833. The van der Waals surface area contributed by atoms with Gasteiger partial charge in [0.05, 0.1) is 0 Å². The number of hydrogen-bond acceptors (Lipinski definition) is 2. The summed E-state index contributed by atoms with van der Waals surface area (Å²) in [6, 6.07) is 0. The van der Waals surface area contributed by atoms with Gasteiger partial charge < -0.3 is 11.3 Å². The molecular weight excluding hydrogens is 118 g/mol. The summed E-state index contributed by atoms with van der Waals surface area (Å²) in [4.78, 5) is 9.00. The molecule has 0 aliphatic rings. The minimum absolute atomic E-state index is 0. The lowest BCUT2D eigenvalue weighted by Gasteiger charge is -1.68. The first-order chi connectivity index (χ1) is 3.65. The molecule has 0 saturated heterocycles. The lowest BCUT2D eigenvalue weighted by Crippen LogP contribution is -1.78. The zero-order chi connectivity index (χ0) is 6.99. The largest absolute Gasteiger partial charge is 0.481 e. The van der Waals surface area contributed by atoms with Gasteiger partial charge in [0.15, 0.2) is 0 Å².